The van der Waals surface area contributed by atoms with E-state index in [9.17, 15) is 4.39 Å². The van der Waals surface area contributed by atoms with Crippen LogP contribution in [0.25, 0.3) is 0 Å². The van der Waals surface area contributed by atoms with Gasteiger partial charge in [-0.25, -0.2) is 4.39 Å². The van der Waals surface area contributed by atoms with Crippen LogP contribution in [0, 0.1) is 0 Å². The van der Waals surface area contributed by atoms with E-state index in [1.165, 1.54) is 5.57 Å². The third kappa shape index (κ3) is 2.17. The van der Waals surface area contributed by atoms with Crippen LogP contribution in [0.2, 0.25) is 0 Å². The molecule has 0 N–H and O–H groups in total. The van der Waals surface area contributed by atoms with Gasteiger partial charge in [0.05, 0.1) is 0 Å². The zero-order valence-corrected chi connectivity index (χ0v) is 5.86. The number of alkyl halides is 1. The van der Waals surface area contributed by atoms with Gasteiger partial charge in [-0.2, -0.15) is 0 Å². The van der Waals surface area contributed by atoms with E-state index in [0.29, 0.717) is 6.42 Å². The quantitative estimate of drug-likeness (QED) is 0.440. The van der Waals surface area contributed by atoms with Crippen molar-refractivity contribution in [2.75, 3.05) is 0 Å². The molecule has 0 aromatic heterocycles. The van der Waals surface area contributed by atoms with E-state index in [4.69, 9.17) is 0 Å². The van der Waals surface area contributed by atoms with Crippen LogP contribution in [0.4, 0.5) is 4.39 Å². The van der Waals surface area contributed by atoms with Crippen LogP contribution < -0.4 is 0 Å². The lowest BCUT2D eigenvalue weighted by Gasteiger charge is -1.97. The average molecular weight is 128 g/mol. The maximum Gasteiger partial charge on any atom is 0.104 e. The Morgan fingerprint density at radius 1 is 1.67 bits per heavy atom. The summed E-state index contributed by atoms with van der Waals surface area (Å²) in [5.41, 5.74) is 1.36. The number of halogens is 1. The minimum atomic E-state index is -0.567. The molecule has 9 heavy (non-hydrogen) atoms. The van der Waals surface area contributed by atoms with Crippen molar-refractivity contribution >= 4 is 0 Å². The summed E-state index contributed by atoms with van der Waals surface area (Å²) >= 11 is 0. The summed E-state index contributed by atoms with van der Waals surface area (Å²) in [6.07, 6.45) is 4.99. The zero-order chi connectivity index (χ0) is 6.69. The second-order valence-corrected chi connectivity index (χ2v) is 2.78. The molecule has 1 heteroatoms. The van der Waals surface area contributed by atoms with Gasteiger partial charge in [0, 0.05) is 0 Å². The molecule has 0 radical (unpaired) electrons. The van der Waals surface area contributed by atoms with Gasteiger partial charge in [0.2, 0.25) is 0 Å². The lowest BCUT2D eigenvalue weighted by atomic mass is 10.1. The Labute approximate surface area is 55.8 Å². The molecule has 0 bridgehead atoms. The van der Waals surface area contributed by atoms with E-state index in [0.717, 1.165) is 19.3 Å². The molecular formula is C8H13F. The molecule has 0 heterocycles. The molecule has 0 nitrogen and oxygen atoms in total. The van der Waals surface area contributed by atoms with Crippen LogP contribution >= 0.6 is 0 Å². The van der Waals surface area contributed by atoms with E-state index in [-0.39, 0.29) is 0 Å². The normalized spacial score (nSPS) is 29.1. The van der Waals surface area contributed by atoms with Crippen molar-refractivity contribution in [1.29, 1.82) is 0 Å². The average Bonchev–Trinajstić information content (AvgIpc) is 1.97. The predicted molar refractivity (Wildman–Crippen MR) is 37.1 cm³/mol. The molecule has 0 saturated heterocycles. The molecule has 0 aliphatic heterocycles. The smallest absolute Gasteiger partial charge is 0.104 e. The highest BCUT2D eigenvalue weighted by molar-refractivity contribution is 5.00. The van der Waals surface area contributed by atoms with Gasteiger partial charge < -0.3 is 0 Å². The Morgan fingerprint density at radius 3 is 3.22 bits per heavy atom. The highest BCUT2D eigenvalue weighted by Crippen LogP contribution is 2.18. The van der Waals surface area contributed by atoms with Crippen LogP contribution in [0.1, 0.15) is 32.6 Å². The molecule has 0 aromatic carbocycles. The Hall–Kier alpha value is -0.330. The lowest BCUT2D eigenvalue weighted by molar-refractivity contribution is 0.316. The van der Waals surface area contributed by atoms with Crippen LogP contribution in [-0.4, -0.2) is 6.17 Å². The Bertz CT molecular complexity index is 116. The first kappa shape index (κ1) is 6.79. The summed E-state index contributed by atoms with van der Waals surface area (Å²) in [5, 5.41) is 0. The van der Waals surface area contributed by atoms with Crippen LogP contribution in [0.15, 0.2) is 11.6 Å². The standard InChI is InChI=1S/C8H13F/c1-7-3-2-4-8(9)6-5-7/h5,8H,2-4,6H2,1H3. The number of allylic oxidation sites excluding steroid dienone is 2. The summed E-state index contributed by atoms with van der Waals surface area (Å²) in [4.78, 5) is 0. The van der Waals surface area contributed by atoms with Crippen LogP contribution in [0.5, 0.6) is 0 Å². The van der Waals surface area contributed by atoms with Gasteiger partial charge in [-0.05, 0) is 32.6 Å². The third-order valence-corrected chi connectivity index (χ3v) is 1.81. The van der Waals surface area contributed by atoms with Crippen LogP contribution in [0.3, 0.4) is 0 Å². The van der Waals surface area contributed by atoms with Gasteiger partial charge in [-0.1, -0.05) is 11.6 Å². The number of rotatable bonds is 0. The fourth-order valence-corrected chi connectivity index (χ4v) is 1.15. The van der Waals surface area contributed by atoms with E-state index >= 15 is 0 Å². The Balaban J connectivity index is 2.42. The van der Waals surface area contributed by atoms with Gasteiger partial charge >= 0.3 is 0 Å². The van der Waals surface area contributed by atoms with Gasteiger partial charge in [-0.15, -0.1) is 0 Å². The van der Waals surface area contributed by atoms with Gasteiger partial charge in [0.1, 0.15) is 6.17 Å². The summed E-state index contributed by atoms with van der Waals surface area (Å²) in [6.45, 7) is 2.08. The number of hydrogen-bond donors (Lipinski definition) is 0. The Morgan fingerprint density at radius 2 is 2.44 bits per heavy atom. The molecular weight excluding hydrogens is 115 g/mol. The molecule has 0 aromatic rings. The molecule has 0 spiro atoms. The van der Waals surface area contributed by atoms with Crippen LogP contribution in [-0.2, 0) is 0 Å². The maximum atomic E-state index is 12.6. The summed E-state index contributed by atoms with van der Waals surface area (Å²) < 4.78 is 12.6. The zero-order valence-electron chi connectivity index (χ0n) is 5.86. The molecule has 1 aliphatic rings. The third-order valence-electron chi connectivity index (χ3n) is 1.81. The van der Waals surface area contributed by atoms with Crippen molar-refractivity contribution in [2.45, 2.75) is 38.8 Å². The molecule has 52 valence electrons. The molecule has 1 rings (SSSR count). The van der Waals surface area contributed by atoms with Crippen molar-refractivity contribution in [2.24, 2.45) is 0 Å². The Kier molecular flexibility index (Phi) is 2.26. The topological polar surface area (TPSA) is 0 Å². The molecule has 0 amide bonds. The minimum Gasteiger partial charge on any atom is -0.247 e. The minimum absolute atomic E-state index is 0.567. The van der Waals surface area contributed by atoms with Crippen molar-refractivity contribution in [3.8, 4) is 0 Å². The van der Waals surface area contributed by atoms with Crippen molar-refractivity contribution < 1.29 is 4.39 Å². The summed E-state index contributed by atoms with van der Waals surface area (Å²) in [7, 11) is 0. The van der Waals surface area contributed by atoms with Crippen molar-refractivity contribution in [3.63, 3.8) is 0 Å². The highest BCUT2D eigenvalue weighted by atomic mass is 19.1. The first-order chi connectivity index (χ1) is 4.29. The molecule has 0 saturated carbocycles. The van der Waals surface area contributed by atoms with Crippen molar-refractivity contribution in [3.05, 3.63) is 11.6 Å². The lowest BCUT2D eigenvalue weighted by Crippen LogP contribution is -1.94. The first-order valence-corrected chi connectivity index (χ1v) is 3.59. The second kappa shape index (κ2) is 3.00. The van der Waals surface area contributed by atoms with Gasteiger partial charge in [0.25, 0.3) is 0 Å². The van der Waals surface area contributed by atoms with E-state index in [1.807, 2.05) is 6.08 Å². The second-order valence-electron chi connectivity index (χ2n) is 2.78. The summed E-state index contributed by atoms with van der Waals surface area (Å²) in [5.74, 6) is 0. The molecule has 1 unspecified atom stereocenters. The van der Waals surface area contributed by atoms with Gasteiger partial charge in [-0.3, -0.25) is 0 Å². The molecule has 0 fully saturated rings. The monoisotopic (exact) mass is 128 g/mol. The largest absolute Gasteiger partial charge is 0.247 e. The van der Waals surface area contributed by atoms with E-state index in [2.05, 4.69) is 6.92 Å². The van der Waals surface area contributed by atoms with E-state index < -0.39 is 6.17 Å². The first-order valence-electron chi connectivity index (χ1n) is 3.59. The maximum absolute atomic E-state index is 12.6. The molecule has 1 atom stereocenters. The SMILES string of the molecule is CC1=CCC(F)CCC1. The fraction of sp³-hybridized carbons (Fsp3) is 0.750. The number of hydrogen-bond acceptors (Lipinski definition) is 0. The highest BCUT2D eigenvalue weighted by Gasteiger charge is 2.07. The van der Waals surface area contributed by atoms with Crippen molar-refractivity contribution in [1.82, 2.24) is 0 Å². The summed E-state index contributed by atoms with van der Waals surface area (Å²) in [6, 6.07) is 0. The predicted octanol–water partition coefficient (Wildman–Crippen LogP) is 2.84. The van der Waals surface area contributed by atoms with Gasteiger partial charge in [0.15, 0.2) is 0 Å². The fourth-order valence-electron chi connectivity index (χ4n) is 1.15. The molecule has 1 aliphatic carbocycles. The van der Waals surface area contributed by atoms with E-state index in [1.54, 1.807) is 0 Å².